The minimum Gasteiger partial charge on any atom is -0.309 e. The van der Waals surface area contributed by atoms with Gasteiger partial charge in [-0.15, -0.1) is 11.3 Å². The minimum atomic E-state index is 0.768. The van der Waals surface area contributed by atoms with Crippen LogP contribution >= 0.6 is 22.9 Å². The van der Waals surface area contributed by atoms with E-state index in [9.17, 15) is 0 Å². The molecule has 0 aliphatic rings. The Kier molecular flexibility index (Phi) is 6.29. The van der Waals surface area contributed by atoms with Gasteiger partial charge in [0, 0.05) is 47.8 Å². The van der Waals surface area contributed by atoms with Gasteiger partial charge in [0.2, 0.25) is 0 Å². The third-order valence-corrected chi connectivity index (χ3v) is 12.2. The second kappa shape index (κ2) is 11.2. The van der Waals surface area contributed by atoms with Gasteiger partial charge in [0.05, 0.1) is 11.0 Å². The van der Waals surface area contributed by atoms with E-state index in [1.807, 2.05) is 11.3 Å². The molecule has 238 valence electrons. The molecule has 0 saturated carbocycles. The molecule has 5 heteroatoms. The Morgan fingerprint density at radius 1 is 0.451 bits per heavy atom. The minimum absolute atomic E-state index is 0.768. The highest BCUT2D eigenvalue weighted by Gasteiger charge is 2.17. The highest BCUT2D eigenvalue weighted by atomic mass is 32.1. The highest BCUT2D eigenvalue weighted by Crippen LogP contribution is 2.42. The molecule has 0 radical (unpaired) electrons. The SMILES string of the molecule is c1ccc2cc3c(-c4nsc(-c5ccc(-n6c7ccccc7c7cc(-c8cccc9c8sc8ccccc89)ccc76)cc5)n4)cccc3cc2c1. The average molecular weight is 686 g/mol. The number of thiophene rings is 1. The molecule has 0 N–H and O–H groups in total. The van der Waals surface area contributed by atoms with Crippen molar-refractivity contribution in [2.24, 2.45) is 0 Å². The smallest absolute Gasteiger partial charge is 0.174 e. The molecule has 0 amide bonds. The molecule has 0 bridgehead atoms. The van der Waals surface area contributed by atoms with Gasteiger partial charge in [-0.05, 0) is 105 Å². The molecule has 0 fully saturated rings. The maximum Gasteiger partial charge on any atom is 0.174 e. The van der Waals surface area contributed by atoms with Crippen LogP contribution in [0.5, 0.6) is 0 Å². The van der Waals surface area contributed by atoms with Gasteiger partial charge in [-0.25, -0.2) is 4.98 Å². The van der Waals surface area contributed by atoms with Gasteiger partial charge in [0.1, 0.15) is 5.01 Å². The summed E-state index contributed by atoms with van der Waals surface area (Å²) in [5.74, 6) is 0.768. The van der Waals surface area contributed by atoms with E-state index in [0.717, 1.165) is 27.6 Å². The monoisotopic (exact) mass is 685 g/mol. The van der Waals surface area contributed by atoms with Crippen molar-refractivity contribution in [2.75, 3.05) is 0 Å². The highest BCUT2D eigenvalue weighted by molar-refractivity contribution is 7.26. The average Bonchev–Trinajstić information content (AvgIpc) is 3.91. The van der Waals surface area contributed by atoms with Crippen molar-refractivity contribution in [3.63, 3.8) is 0 Å². The summed E-state index contributed by atoms with van der Waals surface area (Å²) in [6, 6.07) is 59.3. The predicted molar refractivity (Wildman–Crippen MR) is 218 cm³/mol. The van der Waals surface area contributed by atoms with Crippen LogP contribution in [-0.4, -0.2) is 13.9 Å². The van der Waals surface area contributed by atoms with E-state index in [2.05, 4.69) is 168 Å². The van der Waals surface area contributed by atoms with Crippen LogP contribution < -0.4 is 0 Å². The van der Waals surface area contributed by atoms with Crippen LogP contribution in [0.15, 0.2) is 164 Å². The normalized spacial score (nSPS) is 11.9. The van der Waals surface area contributed by atoms with E-state index < -0.39 is 0 Å². The van der Waals surface area contributed by atoms with Crippen molar-refractivity contribution in [3.05, 3.63) is 164 Å². The molecule has 51 heavy (non-hydrogen) atoms. The first kappa shape index (κ1) is 28.7. The summed E-state index contributed by atoms with van der Waals surface area (Å²) in [6.07, 6.45) is 0. The van der Waals surface area contributed by atoms with Crippen LogP contribution in [0.1, 0.15) is 0 Å². The molecule has 11 aromatic rings. The first-order chi connectivity index (χ1) is 25.3. The van der Waals surface area contributed by atoms with Crippen molar-refractivity contribution < 1.29 is 0 Å². The van der Waals surface area contributed by atoms with Crippen LogP contribution in [0, 0.1) is 0 Å². The molecule has 0 saturated heterocycles. The van der Waals surface area contributed by atoms with E-state index >= 15 is 0 Å². The number of hydrogen-bond acceptors (Lipinski definition) is 4. The van der Waals surface area contributed by atoms with Crippen molar-refractivity contribution in [1.29, 1.82) is 0 Å². The van der Waals surface area contributed by atoms with E-state index in [1.165, 1.54) is 86.2 Å². The number of fused-ring (bicyclic) bond motifs is 8. The van der Waals surface area contributed by atoms with Crippen LogP contribution in [0.4, 0.5) is 0 Å². The Labute approximate surface area is 301 Å². The lowest BCUT2D eigenvalue weighted by Crippen LogP contribution is -1.93. The van der Waals surface area contributed by atoms with Crippen LogP contribution in [0.3, 0.4) is 0 Å². The number of nitrogens with zero attached hydrogens (tertiary/aromatic N) is 3. The van der Waals surface area contributed by atoms with Crippen LogP contribution in [-0.2, 0) is 0 Å². The van der Waals surface area contributed by atoms with E-state index in [1.54, 1.807) is 0 Å². The van der Waals surface area contributed by atoms with Gasteiger partial charge in [0.25, 0.3) is 0 Å². The molecule has 0 aliphatic carbocycles. The van der Waals surface area contributed by atoms with Gasteiger partial charge in [-0.3, -0.25) is 0 Å². The third kappa shape index (κ3) is 4.49. The molecule has 0 spiro atoms. The van der Waals surface area contributed by atoms with Crippen molar-refractivity contribution in [2.45, 2.75) is 0 Å². The van der Waals surface area contributed by atoms with Gasteiger partial charge in [0.15, 0.2) is 5.82 Å². The first-order valence-electron chi connectivity index (χ1n) is 17.1. The summed E-state index contributed by atoms with van der Waals surface area (Å²) >= 11 is 3.33. The van der Waals surface area contributed by atoms with E-state index in [0.29, 0.717) is 0 Å². The molecule has 0 atom stereocenters. The second-order valence-corrected chi connectivity index (χ2v) is 14.9. The van der Waals surface area contributed by atoms with Gasteiger partial charge < -0.3 is 4.57 Å². The Bertz CT molecular complexity index is 3150. The van der Waals surface area contributed by atoms with Gasteiger partial charge >= 0.3 is 0 Å². The Morgan fingerprint density at radius 2 is 1.14 bits per heavy atom. The van der Waals surface area contributed by atoms with Gasteiger partial charge in [-0.2, -0.15) is 4.37 Å². The Hall–Kier alpha value is -6.14. The van der Waals surface area contributed by atoms with E-state index in [4.69, 9.17) is 9.36 Å². The lowest BCUT2D eigenvalue weighted by Gasteiger charge is -2.09. The molecular weight excluding hydrogens is 659 g/mol. The summed E-state index contributed by atoms with van der Waals surface area (Å²) in [7, 11) is 0. The molecule has 0 aliphatic heterocycles. The predicted octanol–water partition coefficient (Wildman–Crippen LogP) is 13.3. The number of benzene rings is 8. The lowest BCUT2D eigenvalue weighted by atomic mass is 9.99. The zero-order valence-electron chi connectivity index (χ0n) is 27.2. The van der Waals surface area contributed by atoms with E-state index in [-0.39, 0.29) is 0 Å². The fourth-order valence-corrected chi connectivity index (χ4v) is 9.68. The summed E-state index contributed by atoms with van der Waals surface area (Å²) in [4.78, 5) is 5.05. The maximum absolute atomic E-state index is 5.05. The number of rotatable bonds is 4. The van der Waals surface area contributed by atoms with Crippen LogP contribution in [0.25, 0.3) is 102 Å². The van der Waals surface area contributed by atoms with Crippen LogP contribution in [0.2, 0.25) is 0 Å². The first-order valence-corrected chi connectivity index (χ1v) is 18.7. The standard InChI is InChI=1S/C46H27N3S2/c1-2-10-30-26-39-31(25-29(30)9-1)11-7-16-38(39)45-47-46(51-48-45)28-19-22-33(23-20-28)49-41-17-5-3-12-35(41)40-27-32(21-24-42(40)49)34-14-8-15-37-36-13-4-6-18-43(36)50-44(34)37/h1-27H. The number of aromatic nitrogens is 3. The van der Waals surface area contributed by atoms with Crippen molar-refractivity contribution >= 4 is 86.4 Å². The lowest BCUT2D eigenvalue weighted by molar-refractivity contribution is 1.18. The molecular formula is C46H27N3S2. The number of para-hydroxylation sites is 1. The maximum atomic E-state index is 5.05. The Morgan fingerprint density at radius 3 is 2.04 bits per heavy atom. The molecule has 0 unspecified atom stereocenters. The molecule has 11 rings (SSSR count). The topological polar surface area (TPSA) is 30.7 Å². The quantitative estimate of drug-likeness (QED) is 0.173. The fourth-order valence-electron chi connectivity index (χ4n) is 7.76. The summed E-state index contributed by atoms with van der Waals surface area (Å²) in [5.41, 5.74) is 8.15. The van der Waals surface area contributed by atoms with Crippen molar-refractivity contribution in [1.82, 2.24) is 13.9 Å². The summed E-state index contributed by atoms with van der Waals surface area (Å²) in [6.45, 7) is 0. The molecule has 3 heterocycles. The second-order valence-electron chi connectivity index (χ2n) is 13.1. The third-order valence-electron chi connectivity index (χ3n) is 10.2. The summed E-state index contributed by atoms with van der Waals surface area (Å²) < 4.78 is 9.88. The fraction of sp³-hybridized carbons (Fsp3) is 0. The van der Waals surface area contributed by atoms with Crippen molar-refractivity contribution in [3.8, 4) is 38.8 Å². The Balaban J connectivity index is 0.983. The van der Waals surface area contributed by atoms with Gasteiger partial charge in [-0.1, -0.05) is 103 Å². The summed E-state index contributed by atoms with van der Waals surface area (Å²) in [5, 5.41) is 10.9. The largest absolute Gasteiger partial charge is 0.309 e. The molecule has 3 nitrogen and oxygen atoms in total. The zero-order chi connectivity index (χ0) is 33.5. The number of hydrogen-bond donors (Lipinski definition) is 0. The zero-order valence-corrected chi connectivity index (χ0v) is 28.9. The molecule has 8 aromatic carbocycles. The molecule has 3 aromatic heterocycles.